The SMILES string of the molecule is Cl.Cl.NCCN(CCc1ccccc1)Cc1csc(-c2ccco2)n1. The lowest BCUT2D eigenvalue weighted by atomic mass is 10.1. The molecule has 0 atom stereocenters. The van der Waals surface area contributed by atoms with E-state index in [1.807, 2.05) is 18.2 Å². The Kier molecular flexibility index (Phi) is 9.78. The molecule has 0 fully saturated rings. The van der Waals surface area contributed by atoms with E-state index >= 15 is 0 Å². The van der Waals surface area contributed by atoms with E-state index < -0.39 is 0 Å². The molecule has 0 unspecified atom stereocenters. The number of thiazole rings is 1. The molecule has 0 aliphatic rings. The van der Waals surface area contributed by atoms with E-state index in [0.29, 0.717) is 6.54 Å². The smallest absolute Gasteiger partial charge is 0.162 e. The highest BCUT2D eigenvalue weighted by Gasteiger charge is 2.11. The van der Waals surface area contributed by atoms with Gasteiger partial charge in [-0.1, -0.05) is 30.3 Å². The largest absolute Gasteiger partial charge is 0.462 e. The number of rotatable bonds is 8. The summed E-state index contributed by atoms with van der Waals surface area (Å²) in [4.78, 5) is 7.03. The quantitative estimate of drug-likeness (QED) is 0.614. The average Bonchev–Trinajstić information content (AvgIpc) is 3.25. The molecule has 0 radical (unpaired) electrons. The van der Waals surface area contributed by atoms with E-state index in [1.165, 1.54) is 5.56 Å². The van der Waals surface area contributed by atoms with Crippen LogP contribution in [-0.2, 0) is 13.0 Å². The molecule has 7 heteroatoms. The van der Waals surface area contributed by atoms with Crippen LogP contribution in [0.5, 0.6) is 0 Å². The Bertz CT molecular complexity index is 704. The summed E-state index contributed by atoms with van der Waals surface area (Å²) in [5, 5.41) is 3.03. The third-order valence-electron chi connectivity index (χ3n) is 3.67. The van der Waals surface area contributed by atoms with Crippen molar-refractivity contribution in [3.8, 4) is 10.8 Å². The van der Waals surface area contributed by atoms with Crippen molar-refractivity contribution in [2.75, 3.05) is 19.6 Å². The summed E-state index contributed by atoms with van der Waals surface area (Å²) in [7, 11) is 0. The van der Waals surface area contributed by atoms with Gasteiger partial charge in [-0.05, 0) is 24.1 Å². The van der Waals surface area contributed by atoms with Crippen molar-refractivity contribution in [2.24, 2.45) is 5.73 Å². The van der Waals surface area contributed by atoms with Crippen LogP contribution in [0.2, 0.25) is 0 Å². The van der Waals surface area contributed by atoms with Gasteiger partial charge < -0.3 is 10.2 Å². The van der Waals surface area contributed by atoms with Crippen LogP contribution in [0, 0.1) is 0 Å². The summed E-state index contributed by atoms with van der Waals surface area (Å²) in [5.41, 5.74) is 8.18. The predicted molar refractivity (Wildman–Crippen MR) is 109 cm³/mol. The maximum absolute atomic E-state index is 5.76. The third-order valence-corrected chi connectivity index (χ3v) is 4.58. The molecule has 3 aromatic rings. The average molecular weight is 400 g/mol. The Labute approximate surface area is 164 Å². The van der Waals surface area contributed by atoms with Crippen LogP contribution in [0.1, 0.15) is 11.3 Å². The summed E-state index contributed by atoms with van der Waals surface area (Å²) >= 11 is 1.62. The van der Waals surface area contributed by atoms with Crippen molar-refractivity contribution in [1.29, 1.82) is 0 Å². The molecule has 0 spiro atoms. The molecule has 2 N–H and O–H groups in total. The maximum Gasteiger partial charge on any atom is 0.162 e. The van der Waals surface area contributed by atoms with Crippen LogP contribution in [0.3, 0.4) is 0 Å². The lowest BCUT2D eigenvalue weighted by Crippen LogP contribution is -2.31. The van der Waals surface area contributed by atoms with Crippen LogP contribution < -0.4 is 5.73 Å². The fourth-order valence-corrected chi connectivity index (χ4v) is 3.28. The Morgan fingerprint density at radius 1 is 1.04 bits per heavy atom. The number of aromatic nitrogens is 1. The van der Waals surface area contributed by atoms with Gasteiger partial charge in [0.2, 0.25) is 0 Å². The molecule has 0 aliphatic carbocycles. The highest BCUT2D eigenvalue weighted by molar-refractivity contribution is 7.13. The fraction of sp³-hybridized carbons (Fsp3) is 0.278. The molecule has 0 saturated carbocycles. The standard InChI is InChI=1S/C18H21N3OS.2ClH/c19-9-11-21(10-8-15-5-2-1-3-6-15)13-16-14-23-18(20-16)17-7-4-12-22-17;;/h1-7,12,14H,8-11,13,19H2;2*1H. The summed E-state index contributed by atoms with van der Waals surface area (Å²) in [6.45, 7) is 3.33. The molecule has 0 aliphatic heterocycles. The van der Waals surface area contributed by atoms with Crippen LogP contribution in [-0.4, -0.2) is 29.5 Å². The number of benzene rings is 1. The monoisotopic (exact) mass is 399 g/mol. The molecule has 136 valence electrons. The van der Waals surface area contributed by atoms with Gasteiger partial charge in [0.25, 0.3) is 0 Å². The molecule has 1 aromatic carbocycles. The Balaban J connectivity index is 0.00000156. The van der Waals surface area contributed by atoms with Gasteiger partial charge in [-0.25, -0.2) is 4.98 Å². The van der Waals surface area contributed by atoms with E-state index in [9.17, 15) is 0 Å². The third kappa shape index (κ3) is 6.45. The number of nitrogens with zero attached hydrogens (tertiary/aromatic N) is 2. The van der Waals surface area contributed by atoms with Gasteiger partial charge in [0.1, 0.15) is 0 Å². The van der Waals surface area contributed by atoms with Crippen LogP contribution in [0.4, 0.5) is 0 Å². The van der Waals surface area contributed by atoms with Crippen molar-refractivity contribution in [2.45, 2.75) is 13.0 Å². The minimum Gasteiger partial charge on any atom is -0.462 e. The second-order valence-corrected chi connectivity index (χ2v) is 6.28. The first-order valence-electron chi connectivity index (χ1n) is 7.80. The molecule has 0 bridgehead atoms. The Morgan fingerprint density at radius 3 is 2.52 bits per heavy atom. The summed E-state index contributed by atoms with van der Waals surface area (Å²) < 4.78 is 5.41. The van der Waals surface area contributed by atoms with Crippen LogP contribution in [0.25, 0.3) is 10.8 Å². The van der Waals surface area contributed by atoms with E-state index in [1.54, 1.807) is 17.6 Å². The first-order chi connectivity index (χ1) is 11.3. The molecular weight excluding hydrogens is 377 g/mol. The number of hydrogen-bond acceptors (Lipinski definition) is 5. The first kappa shape index (κ1) is 21.7. The van der Waals surface area contributed by atoms with Crippen molar-refractivity contribution in [1.82, 2.24) is 9.88 Å². The van der Waals surface area contributed by atoms with Crippen molar-refractivity contribution >= 4 is 36.2 Å². The number of furan rings is 1. The van der Waals surface area contributed by atoms with Crippen molar-refractivity contribution < 1.29 is 4.42 Å². The van der Waals surface area contributed by atoms with Gasteiger partial charge in [0, 0.05) is 31.6 Å². The molecule has 0 saturated heterocycles. The zero-order valence-electron chi connectivity index (χ0n) is 13.8. The zero-order valence-corrected chi connectivity index (χ0v) is 16.3. The number of halogens is 2. The molecule has 0 amide bonds. The lowest BCUT2D eigenvalue weighted by molar-refractivity contribution is 0.274. The predicted octanol–water partition coefficient (Wildman–Crippen LogP) is 4.25. The van der Waals surface area contributed by atoms with Gasteiger partial charge in [-0.2, -0.15) is 0 Å². The van der Waals surface area contributed by atoms with E-state index in [-0.39, 0.29) is 24.8 Å². The van der Waals surface area contributed by atoms with E-state index in [2.05, 4.69) is 39.5 Å². The lowest BCUT2D eigenvalue weighted by Gasteiger charge is -2.20. The van der Waals surface area contributed by atoms with E-state index in [4.69, 9.17) is 10.2 Å². The minimum absolute atomic E-state index is 0. The molecule has 3 rings (SSSR count). The van der Waals surface area contributed by atoms with Crippen molar-refractivity contribution in [3.63, 3.8) is 0 Å². The molecule has 2 heterocycles. The van der Waals surface area contributed by atoms with Gasteiger partial charge in [-0.15, -0.1) is 36.2 Å². The van der Waals surface area contributed by atoms with Gasteiger partial charge in [0.15, 0.2) is 10.8 Å². The second-order valence-electron chi connectivity index (χ2n) is 5.42. The molecule has 4 nitrogen and oxygen atoms in total. The van der Waals surface area contributed by atoms with Crippen LogP contribution in [0.15, 0.2) is 58.5 Å². The molecule has 2 aromatic heterocycles. The molecular formula is C18H23Cl2N3OS. The molecule has 25 heavy (non-hydrogen) atoms. The summed E-state index contributed by atoms with van der Waals surface area (Å²) in [5.74, 6) is 0.830. The fourth-order valence-electron chi connectivity index (χ4n) is 2.51. The van der Waals surface area contributed by atoms with E-state index in [0.717, 1.165) is 42.5 Å². The zero-order chi connectivity index (χ0) is 15.9. The van der Waals surface area contributed by atoms with Crippen molar-refractivity contribution in [3.05, 3.63) is 65.4 Å². The maximum atomic E-state index is 5.76. The van der Waals surface area contributed by atoms with Crippen LogP contribution >= 0.6 is 36.2 Å². The highest BCUT2D eigenvalue weighted by Crippen LogP contribution is 2.24. The number of nitrogens with two attached hydrogens (primary N) is 1. The summed E-state index contributed by atoms with van der Waals surface area (Å²) in [6.07, 6.45) is 2.70. The topological polar surface area (TPSA) is 55.3 Å². The minimum atomic E-state index is 0. The Hall–Kier alpha value is -1.37. The summed E-state index contributed by atoms with van der Waals surface area (Å²) in [6, 6.07) is 14.4. The van der Waals surface area contributed by atoms with Gasteiger partial charge in [0.05, 0.1) is 12.0 Å². The van der Waals surface area contributed by atoms with Gasteiger partial charge >= 0.3 is 0 Å². The van der Waals surface area contributed by atoms with Gasteiger partial charge in [-0.3, -0.25) is 4.90 Å². The number of hydrogen-bond donors (Lipinski definition) is 1. The normalized spacial score (nSPS) is 10.3. The second kappa shape index (κ2) is 11.3. The highest BCUT2D eigenvalue weighted by atomic mass is 35.5. The first-order valence-corrected chi connectivity index (χ1v) is 8.68. The Morgan fingerprint density at radius 2 is 1.84 bits per heavy atom.